The maximum Gasteiger partial charge on any atom is 0.356 e. The molecule has 1 aliphatic rings. The molecule has 3 rings (SSSR count). The van der Waals surface area contributed by atoms with E-state index in [-0.39, 0.29) is 22.7 Å². The Balaban J connectivity index is 1.87. The molecule has 0 spiro atoms. The minimum atomic E-state index is -3.35. The quantitative estimate of drug-likeness (QED) is 0.854. The molecule has 8 nitrogen and oxygen atoms in total. The molecule has 0 radical (unpaired) electrons. The summed E-state index contributed by atoms with van der Waals surface area (Å²) in [4.78, 5) is 27.3. The highest BCUT2D eigenvalue weighted by molar-refractivity contribution is 7.93. The zero-order valence-electron chi connectivity index (χ0n) is 13.0. The molecule has 25 heavy (non-hydrogen) atoms. The van der Waals surface area contributed by atoms with Crippen LogP contribution in [0.5, 0.6) is 0 Å². The summed E-state index contributed by atoms with van der Waals surface area (Å²) in [7, 11) is -3.35. The molecule has 2 aromatic rings. The van der Waals surface area contributed by atoms with Gasteiger partial charge in [0.25, 0.3) is 5.91 Å². The number of carbonyl (C=O) groups is 2. The lowest BCUT2D eigenvalue weighted by atomic mass is 10.1. The van der Waals surface area contributed by atoms with Crippen molar-refractivity contribution in [3.8, 4) is 0 Å². The third kappa shape index (κ3) is 3.45. The summed E-state index contributed by atoms with van der Waals surface area (Å²) < 4.78 is 25.3. The van der Waals surface area contributed by atoms with Crippen LogP contribution in [0.25, 0.3) is 0 Å². The lowest BCUT2D eigenvalue weighted by molar-refractivity contribution is 0.0691. The summed E-state index contributed by atoms with van der Waals surface area (Å²) in [5, 5.41) is 11.6. The second-order valence-electron chi connectivity index (χ2n) is 5.45. The number of anilines is 2. The highest BCUT2D eigenvalue weighted by atomic mass is 32.2. The lowest BCUT2D eigenvalue weighted by Gasteiger charge is -2.17. The Hall–Kier alpha value is -2.94. The fourth-order valence-electron chi connectivity index (χ4n) is 2.60. The minimum absolute atomic E-state index is 0.0687. The van der Waals surface area contributed by atoms with Crippen LogP contribution in [0.1, 0.15) is 27.3 Å². The summed E-state index contributed by atoms with van der Waals surface area (Å²) in [6.07, 6.45) is 1.86. The van der Waals surface area contributed by atoms with Crippen molar-refractivity contribution in [1.82, 2.24) is 4.98 Å². The van der Waals surface area contributed by atoms with Gasteiger partial charge in [-0.15, -0.1) is 0 Å². The molecule has 0 aliphatic carbocycles. The van der Waals surface area contributed by atoms with E-state index in [4.69, 9.17) is 5.11 Å². The van der Waals surface area contributed by atoms with Crippen molar-refractivity contribution >= 4 is 33.3 Å². The SMILES string of the molecule is O=C(Nc1cccnc1C(=O)O)c1cccc(N2CCCS2(=O)=O)c1. The molecule has 9 heteroatoms. The zero-order valence-corrected chi connectivity index (χ0v) is 13.9. The lowest BCUT2D eigenvalue weighted by Crippen LogP contribution is -2.25. The summed E-state index contributed by atoms with van der Waals surface area (Å²) >= 11 is 0. The van der Waals surface area contributed by atoms with Crippen molar-refractivity contribution in [2.45, 2.75) is 6.42 Å². The number of nitrogens with one attached hydrogen (secondary N) is 1. The van der Waals surface area contributed by atoms with Gasteiger partial charge >= 0.3 is 5.97 Å². The Labute approximate surface area is 144 Å². The van der Waals surface area contributed by atoms with Gasteiger partial charge in [0.15, 0.2) is 5.69 Å². The van der Waals surface area contributed by atoms with Gasteiger partial charge < -0.3 is 10.4 Å². The molecule has 1 aromatic heterocycles. The van der Waals surface area contributed by atoms with Crippen LogP contribution in [0.3, 0.4) is 0 Å². The first-order valence-electron chi connectivity index (χ1n) is 7.48. The van der Waals surface area contributed by atoms with E-state index in [0.29, 0.717) is 18.7 Å². The summed E-state index contributed by atoms with van der Waals surface area (Å²) in [5.41, 5.74) is 0.433. The highest BCUT2D eigenvalue weighted by Crippen LogP contribution is 2.25. The first-order chi connectivity index (χ1) is 11.9. The Kier molecular flexibility index (Phi) is 4.41. The van der Waals surface area contributed by atoms with Gasteiger partial charge in [-0.25, -0.2) is 18.2 Å². The van der Waals surface area contributed by atoms with Crippen LogP contribution < -0.4 is 9.62 Å². The molecule has 130 valence electrons. The van der Waals surface area contributed by atoms with Gasteiger partial charge in [-0.3, -0.25) is 9.10 Å². The monoisotopic (exact) mass is 361 g/mol. The van der Waals surface area contributed by atoms with Gasteiger partial charge in [0.05, 0.1) is 17.1 Å². The van der Waals surface area contributed by atoms with Crippen LogP contribution in [0.15, 0.2) is 42.6 Å². The third-order valence-corrected chi connectivity index (χ3v) is 5.62. The van der Waals surface area contributed by atoms with Crippen LogP contribution in [-0.4, -0.2) is 42.7 Å². The molecule has 0 bridgehead atoms. The van der Waals surface area contributed by atoms with Crippen LogP contribution in [-0.2, 0) is 10.0 Å². The van der Waals surface area contributed by atoms with E-state index in [1.807, 2.05) is 0 Å². The predicted octanol–water partition coefficient (Wildman–Crippen LogP) is 1.57. The second-order valence-corrected chi connectivity index (χ2v) is 7.46. The highest BCUT2D eigenvalue weighted by Gasteiger charge is 2.28. The van der Waals surface area contributed by atoms with Crippen molar-refractivity contribution in [1.29, 1.82) is 0 Å². The Morgan fingerprint density at radius 3 is 2.68 bits per heavy atom. The van der Waals surface area contributed by atoms with Gasteiger partial charge in [0.2, 0.25) is 10.0 Å². The molecule has 2 heterocycles. The maximum absolute atomic E-state index is 12.4. The Morgan fingerprint density at radius 2 is 2.00 bits per heavy atom. The van der Waals surface area contributed by atoms with E-state index in [1.54, 1.807) is 12.1 Å². The van der Waals surface area contributed by atoms with Crippen molar-refractivity contribution in [2.75, 3.05) is 21.9 Å². The van der Waals surface area contributed by atoms with Gasteiger partial charge in [-0.1, -0.05) is 6.07 Å². The van der Waals surface area contributed by atoms with Crippen molar-refractivity contribution in [3.05, 3.63) is 53.9 Å². The standard InChI is InChI=1S/C16H15N3O5S/c20-15(18-13-6-2-7-17-14(13)16(21)22)11-4-1-5-12(10-11)19-8-3-9-25(19,23)24/h1-2,4-7,10H,3,8-9H2,(H,18,20)(H,21,22). The molecule has 1 amide bonds. The number of pyridine rings is 1. The number of aromatic nitrogens is 1. The molecule has 2 N–H and O–H groups in total. The number of carbonyl (C=O) groups excluding carboxylic acids is 1. The van der Waals surface area contributed by atoms with E-state index >= 15 is 0 Å². The number of hydrogen-bond acceptors (Lipinski definition) is 5. The Morgan fingerprint density at radius 1 is 1.20 bits per heavy atom. The van der Waals surface area contributed by atoms with Crippen LogP contribution in [0.2, 0.25) is 0 Å². The maximum atomic E-state index is 12.4. The fourth-order valence-corrected chi connectivity index (χ4v) is 4.16. The largest absolute Gasteiger partial charge is 0.476 e. The molecule has 1 fully saturated rings. The van der Waals surface area contributed by atoms with Crippen molar-refractivity contribution < 1.29 is 23.1 Å². The van der Waals surface area contributed by atoms with Crippen molar-refractivity contribution in [3.63, 3.8) is 0 Å². The van der Waals surface area contributed by atoms with E-state index in [0.717, 1.165) is 0 Å². The normalized spacial score (nSPS) is 15.8. The molecular weight excluding hydrogens is 346 g/mol. The second kappa shape index (κ2) is 6.52. The molecular formula is C16H15N3O5S. The van der Waals surface area contributed by atoms with Gasteiger partial charge in [-0.05, 0) is 36.8 Å². The first-order valence-corrected chi connectivity index (χ1v) is 9.09. The molecule has 0 unspecified atom stereocenters. The van der Waals surface area contributed by atoms with Gasteiger partial charge in [-0.2, -0.15) is 0 Å². The number of amides is 1. The smallest absolute Gasteiger partial charge is 0.356 e. The molecule has 1 aliphatic heterocycles. The fraction of sp³-hybridized carbons (Fsp3) is 0.188. The number of nitrogens with zero attached hydrogens (tertiary/aromatic N) is 2. The van der Waals surface area contributed by atoms with E-state index in [2.05, 4.69) is 10.3 Å². The number of carboxylic acids is 1. The Bertz CT molecular complexity index is 942. The van der Waals surface area contributed by atoms with E-state index in [1.165, 1.54) is 34.8 Å². The topological polar surface area (TPSA) is 117 Å². The summed E-state index contributed by atoms with van der Waals surface area (Å²) in [6, 6.07) is 9.14. The zero-order chi connectivity index (χ0) is 18.0. The number of hydrogen-bond donors (Lipinski definition) is 2. The van der Waals surface area contributed by atoms with Crippen LogP contribution in [0, 0.1) is 0 Å². The average Bonchev–Trinajstić information content (AvgIpc) is 2.94. The summed E-state index contributed by atoms with van der Waals surface area (Å²) in [6.45, 7) is 0.374. The molecule has 1 saturated heterocycles. The molecule has 0 atom stereocenters. The number of sulfonamides is 1. The van der Waals surface area contributed by atoms with Crippen molar-refractivity contribution in [2.24, 2.45) is 0 Å². The summed E-state index contributed by atoms with van der Waals surface area (Å²) in [5.74, 6) is -1.72. The van der Waals surface area contributed by atoms with Gasteiger partial charge in [0, 0.05) is 18.3 Å². The molecule has 0 saturated carbocycles. The predicted molar refractivity (Wildman–Crippen MR) is 91.3 cm³/mol. The average molecular weight is 361 g/mol. The molecule has 1 aromatic carbocycles. The third-order valence-electron chi connectivity index (χ3n) is 3.75. The van der Waals surface area contributed by atoms with E-state index in [9.17, 15) is 18.0 Å². The number of benzene rings is 1. The van der Waals surface area contributed by atoms with Crippen LogP contribution >= 0.6 is 0 Å². The number of aromatic carboxylic acids is 1. The number of rotatable bonds is 4. The van der Waals surface area contributed by atoms with Crippen LogP contribution in [0.4, 0.5) is 11.4 Å². The van der Waals surface area contributed by atoms with E-state index < -0.39 is 21.9 Å². The first kappa shape index (κ1) is 16.9. The number of carboxylic acid groups (broad SMARTS) is 1. The minimum Gasteiger partial charge on any atom is -0.476 e. The van der Waals surface area contributed by atoms with Gasteiger partial charge in [0.1, 0.15) is 0 Å².